The molecule has 0 saturated heterocycles. The monoisotopic (exact) mass is 328 g/mol. The second-order valence-corrected chi connectivity index (χ2v) is 8.30. The molecule has 1 aromatic heterocycles. The summed E-state index contributed by atoms with van der Waals surface area (Å²) in [6.07, 6.45) is 6.54. The largest absolute Gasteiger partial charge is 0.393 e. The first-order chi connectivity index (χ1) is 11.2. The highest BCUT2D eigenvalue weighted by Gasteiger charge is 2.42. The van der Waals surface area contributed by atoms with Crippen molar-refractivity contribution in [3.8, 4) is 10.6 Å². The van der Waals surface area contributed by atoms with E-state index in [2.05, 4.69) is 41.2 Å². The highest BCUT2D eigenvalue weighted by atomic mass is 32.1. The zero-order valence-electron chi connectivity index (χ0n) is 13.6. The van der Waals surface area contributed by atoms with Gasteiger partial charge in [0.15, 0.2) is 0 Å². The van der Waals surface area contributed by atoms with Crippen molar-refractivity contribution >= 4 is 11.3 Å². The minimum atomic E-state index is -0.0359. The van der Waals surface area contributed by atoms with Crippen molar-refractivity contribution in [1.82, 2.24) is 9.88 Å². The van der Waals surface area contributed by atoms with Gasteiger partial charge in [-0.05, 0) is 44.6 Å². The molecule has 4 atom stereocenters. The quantitative estimate of drug-likeness (QED) is 0.927. The molecule has 122 valence electrons. The second-order valence-electron chi connectivity index (χ2n) is 7.18. The lowest BCUT2D eigenvalue weighted by Crippen LogP contribution is -2.29. The molecule has 0 aliphatic heterocycles. The van der Waals surface area contributed by atoms with Crippen LogP contribution in [0.25, 0.3) is 10.6 Å². The van der Waals surface area contributed by atoms with Crippen molar-refractivity contribution in [2.75, 3.05) is 7.05 Å². The van der Waals surface area contributed by atoms with Crippen LogP contribution in [0.4, 0.5) is 0 Å². The third-order valence-corrected chi connectivity index (χ3v) is 6.60. The maximum absolute atomic E-state index is 9.79. The highest BCUT2D eigenvalue weighted by molar-refractivity contribution is 7.15. The van der Waals surface area contributed by atoms with Gasteiger partial charge in [0.05, 0.1) is 6.10 Å². The SMILES string of the molecule is CN(Cc1cnc(-c2ccccc2)s1)C1C[C@H]2CC(O)C[C@H]2C1. The van der Waals surface area contributed by atoms with Crippen LogP contribution >= 0.6 is 11.3 Å². The molecule has 0 spiro atoms. The molecule has 2 saturated carbocycles. The van der Waals surface area contributed by atoms with E-state index in [1.165, 1.54) is 23.3 Å². The minimum absolute atomic E-state index is 0.0359. The number of hydrogen-bond donors (Lipinski definition) is 1. The number of rotatable bonds is 4. The Balaban J connectivity index is 1.38. The number of aliphatic hydroxyl groups is 1. The van der Waals surface area contributed by atoms with E-state index in [0.29, 0.717) is 6.04 Å². The van der Waals surface area contributed by atoms with Gasteiger partial charge < -0.3 is 5.11 Å². The Labute approximate surface area is 142 Å². The predicted octanol–water partition coefficient (Wildman–Crippen LogP) is 3.79. The molecular weight excluding hydrogens is 304 g/mol. The van der Waals surface area contributed by atoms with Gasteiger partial charge in [0.25, 0.3) is 0 Å². The number of benzene rings is 1. The lowest BCUT2D eigenvalue weighted by Gasteiger charge is -2.24. The number of hydrogen-bond acceptors (Lipinski definition) is 4. The summed E-state index contributed by atoms with van der Waals surface area (Å²) in [5.74, 6) is 1.50. The van der Waals surface area contributed by atoms with Gasteiger partial charge in [-0.15, -0.1) is 11.3 Å². The summed E-state index contributed by atoms with van der Waals surface area (Å²) in [6, 6.07) is 11.1. The Morgan fingerprint density at radius 3 is 2.52 bits per heavy atom. The fraction of sp³-hybridized carbons (Fsp3) is 0.526. The summed E-state index contributed by atoms with van der Waals surface area (Å²) in [5.41, 5.74) is 1.20. The normalized spacial score (nSPS) is 30.0. The summed E-state index contributed by atoms with van der Waals surface area (Å²) in [4.78, 5) is 8.42. The predicted molar refractivity (Wildman–Crippen MR) is 94.3 cm³/mol. The molecule has 23 heavy (non-hydrogen) atoms. The van der Waals surface area contributed by atoms with Crippen LogP contribution in [0.15, 0.2) is 36.5 Å². The first kappa shape index (κ1) is 15.3. The maximum atomic E-state index is 9.79. The minimum Gasteiger partial charge on any atom is -0.393 e. The molecule has 4 heteroatoms. The molecule has 2 aliphatic carbocycles. The van der Waals surface area contributed by atoms with Crippen LogP contribution in [0.2, 0.25) is 0 Å². The molecule has 1 aromatic carbocycles. The molecule has 0 radical (unpaired) electrons. The maximum Gasteiger partial charge on any atom is 0.123 e. The van der Waals surface area contributed by atoms with Crippen molar-refractivity contribution in [2.24, 2.45) is 11.8 Å². The summed E-state index contributed by atoms with van der Waals surface area (Å²) >= 11 is 1.80. The molecule has 1 N–H and O–H groups in total. The average molecular weight is 328 g/mol. The van der Waals surface area contributed by atoms with Crippen LogP contribution in [-0.2, 0) is 6.54 Å². The Bertz CT molecular complexity index is 642. The molecule has 4 rings (SSSR count). The van der Waals surface area contributed by atoms with Gasteiger partial charge in [0, 0.05) is 29.2 Å². The van der Waals surface area contributed by atoms with Gasteiger partial charge >= 0.3 is 0 Å². The Hall–Kier alpha value is -1.23. The third-order valence-electron chi connectivity index (χ3n) is 5.57. The van der Waals surface area contributed by atoms with Crippen LogP contribution in [0.5, 0.6) is 0 Å². The van der Waals surface area contributed by atoms with Gasteiger partial charge in [-0.25, -0.2) is 4.98 Å². The van der Waals surface area contributed by atoms with Crippen molar-refractivity contribution in [1.29, 1.82) is 0 Å². The Morgan fingerprint density at radius 1 is 1.13 bits per heavy atom. The molecule has 2 aromatic rings. The van der Waals surface area contributed by atoms with Gasteiger partial charge in [-0.1, -0.05) is 30.3 Å². The first-order valence-corrected chi connectivity index (χ1v) is 9.39. The average Bonchev–Trinajstić information content (AvgIpc) is 3.22. The summed E-state index contributed by atoms with van der Waals surface area (Å²) < 4.78 is 0. The van der Waals surface area contributed by atoms with E-state index in [4.69, 9.17) is 0 Å². The molecular formula is C19H24N2OS. The molecule has 0 amide bonds. The fourth-order valence-corrected chi connectivity index (χ4v) is 5.36. The molecule has 0 bridgehead atoms. The van der Waals surface area contributed by atoms with Crippen LogP contribution in [0.1, 0.15) is 30.6 Å². The zero-order chi connectivity index (χ0) is 15.8. The van der Waals surface area contributed by atoms with E-state index in [0.717, 1.165) is 36.2 Å². The van der Waals surface area contributed by atoms with Gasteiger partial charge in [0.1, 0.15) is 5.01 Å². The number of nitrogens with zero attached hydrogens (tertiary/aromatic N) is 2. The topological polar surface area (TPSA) is 36.4 Å². The first-order valence-electron chi connectivity index (χ1n) is 8.57. The van der Waals surface area contributed by atoms with E-state index >= 15 is 0 Å². The summed E-state index contributed by atoms with van der Waals surface area (Å²) in [5, 5.41) is 10.9. The fourth-order valence-electron chi connectivity index (χ4n) is 4.38. The summed E-state index contributed by atoms with van der Waals surface area (Å²) in [7, 11) is 2.24. The zero-order valence-corrected chi connectivity index (χ0v) is 14.4. The van der Waals surface area contributed by atoms with E-state index in [1.807, 2.05) is 12.3 Å². The second kappa shape index (κ2) is 6.34. The van der Waals surface area contributed by atoms with E-state index < -0.39 is 0 Å². The number of aromatic nitrogens is 1. The van der Waals surface area contributed by atoms with Crippen molar-refractivity contribution in [2.45, 2.75) is 44.4 Å². The van der Waals surface area contributed by atoms with Crippen LogP contribution in [0, 0.1) is 11.8 Å². The van der Waals surface area contributed by atoms with Gasteiger partial charge in [0.2, 0.25) is 0 Å². The highest BCUT2D eigenvalue weighted by Crippen LogP contribution is 2.45. The molecule has 1 heterocycles. The van der Waals surface area contributed by atoms with Crippen molar-refractivity contribution in [3.63, 3.8) is 0 Å². The lowest BCUT2D eigenvalue weighted by atomic mass is 10.0. The number of fused-ring (bicyclic) bond motifs is 1. The summed E-state index contributed by atoms with van der Waals surface area (Å²) in [6.45, 7) is 0.983. The standard InChI is InChI=1S/C19H24N2OS/c1-21(16-7-14-9-17(22)10-15(14)8-16)12-18-11-20-19(23-18)13-5-3-2-4-6-13/h2-6,11,14-17,22H,7-10,12H2,1H3/t14-,15+,16?,17?. The van der Waals surface area contributed by atoms with Crippen LogP contribution in [0.3, 0.4) is 0 Å². The molecule has 3 nitrogen and oxygen atoms in total. The molecule has 2 unspecified atom stereocenters. The van der Waals surface area contributed by atoms with Crippen LogP contribution in [-0.4, -0.2) is 34.2 Å². The van der Waals surface area contributed by atoms with Crippen molar-refractivity contribution in [3.05, 3.63) is 41.4 Å². The Kier molecular flexibility index (Phi) is 4.22. The lowest BCUT2D eigenvalue weighted by molar-refractivity contribution is 0.158. The van der Waals surface area contributed by atoms with E-state index in [-0.39, 0.29) is 6.10 Å². The van der Waals surface area contributed by atoms with Crippen LogP contribution < -0.4 is 0 Å². The Morgan fingerprint density at radius 2 is 1.83 bits per heavy atom. The number of thiazole rings is 1. The van der Waals surface area contributed by atoms with Gasteiger partial charge in [-0.2, -0.15) is 0 Å². The molecule has 2 fully saturated rings. The van der Waals surface area contributed by atoms with E-state index in [9.17, 15) is 5.11 Å². The van der Waals surface area contributed by atoms with Gasteiger partial charge in [-0.3, -0.25) is 4.90 Å². The van der Waals surface area contributed by atoms with Crippen molar-refractivity contribution < 1.29 is 5.11 Å². The third kappa shape index (κ3) is 3.21. The number of aliphatic hydroxyl groups excluding tert-OH is 1. The molecule has 2 aliphatic rings. The smallest absolute Gasteiger partial charge is 0.123 e. The van der Waals surface area contributed by atoms with E-state index in [1.54, 1.807) is 11.3 Å².